The molecule has 0 spiro atoms. The fourth-order valence-corrected chi connectivity index (χ4v) is 2.22. The molecule has 0 aliphatic carbocycles. The molecule has 0 saturated carbocycles. The first kappa shape index (κ1) is 15.2. The molecule has 0 radical (unpaired) electrons. The third kappa shape index (κ3) is 3.28. The lowest BCUT2D eigenvalue weighted by Gasteiger charge is -2.17. The van der Waals surface area contributed by atoms with Crippen LogP contribution in [0.5, 0.6) is 0 Å². The van der Waals surface area contributed by atoms with Crippen molar-refractivity contribution in [3.63, 3.8) is 0 Å². The maximum Gasteiger partial charge on any atom is 0.307 e. The van der Waals surface area contributed by atoms with E-state index in [0.29, 0.717) is 16.7 Å². The van der Waals surface area contributed by atoms with Crippen molar-refractivity contribution in [2.24, 2.45) is 0 Å². The Morgan fingerprint density at radius 2 is 1.90 bits per heavy atom. The Labute approximate surface area is 124 Å². The Balaban J connectivity index is 2.33. The van der Waals surface area contributed by atoms with Gasteiger partial charge in [-0.25, -0.2) is 4.39 Å². The van der Waals surface area contributed by atoms with Gasteiger partial charge in [0.15, 0.2) is 0 Å². The van der Waals surface area contributed by atoms with Gasteiger partial charge in [0.1, 0.15) is 5.82 Å². The van der Waals surface area contributed by atoms with Gasteiger partial charge in [-0.05, 0) is 18.6 Å². The first-order valence-electron chi connectivity index (χ1n) is 6.04. The Hall–Kier alpha value is -2.21. The lowest BCUT2D eigenvalue weighted by Crippen LogP contribution is -2.09. The van der Waals surface area contributed by atoms with Crippen molar-refractivity contribution in [3.8, 4) is 0 Å². The number of hydrogen-bond donors (Lipinski definition) is 1. The summed E-state index contributed by atoms with van der Waals surface area (Å²) in [7, 11) is 0. The molecule has 1 N–H and O–H groups in total. The van der Waals surface area contributed by atoms with Gasteiger partial charge in [0.25, 0.3) is 0 Å². The van der Waals surface area contributed by atoms with Crippen molar-refractivity contribution in [3.05, 3.63) is 68.7 Å². The number of nitrogens with one attached hydrogen (secondary N) is 1. The molecule has 1 unspecified atom stereocenters. The van der Waals surface area contributed by atoms with Crippen LogP contribution >= 0.6 is 11.6 Å². The van der Waals surface area contributed by atoms with Crippen molar-refractivity contribution >= 4 is 23.0 Å². The Morgan fingerprint density at radius 3 is 2.52 bits per heavy atom. The van der Waals surface area contributed by atoms with E-state index in [1.807, 2.05) is 0 Å². The fourth-order valence-electron chi connectivity index (χ4n) is 1.93. The smallest absolute Gasteiger partial charge is 0.307 e. The zero-order chi connectivity index (χ0) is 15.6. The predicted octanol–water partition coefficient (Wildman–Crippen LogP) is 4.70. The number of halogens is 3. The summed E-state index contributed by atoms with van der Waals surface area (Å²) in [6.07, 6.45) is 0. The Kier molecular flexibility index (Phi) is 4.37. The molecule has 2 aromatic carbocycles. The quantitative estimate of drug-likeness (QED) is 0.657. The fraction of sp³-hybridized carbons (Fsp3) is 0.143. The summed E-state index contributed by atoms with van der Waals surface area (Å²) in [5.41, 5.74) is -0.244. The molecule has 0 aliphatic rings. The summed E-state index contributed by atoms with van der Waals surface area (Å²) >= 11 is 6.03. The van der Waals surface area contributed by atoms with Crippen molar-refractivity contribution in [1.82, 2.24) is 0 Å². The Morgan fingerprint density at radius 1 is 1.24 bits per heavy atom. The third-order valence-corrected chi connectivity index (χ3v) is 3.32. The van der Waals surface area contributed by atoms with E-state index in [9.17, 15) is 18.9 Å². The molecule has 7 heteroatoms. The standard InChI is InChI=1S/C14H11ClF2N2O2/c1-8(9-4-2-3-5-10(9)15)18-13-7-14(19(20)21)12(17)6-11(13)16/h2-8,18H,1H3. The monoisotopic (exact) mass is 312 g/mol. The number of rotatable bonds is 4. The van der Waals surface area contributed by atoms with Gasteiger partial charge in [0.2, 0.25) is 5.82 Å². The van der Waals surface area contributed by atoms with Crippen LogP contribution in [0, 0.1) is 21.7 Å². The topological polar surface area (TPSA) is 55.2 Å². The van der Waals surface area contributed by atoms with E-state index in [0.717, 1.165) is 6.07 Å². The molecule has 1 atom stereocenters. The number of nitro benzene ring substituents is 1. The highest BCUT2D eigenvalue weighted by Gasteiger charge is 2.20. The van der Waals surface area contributed by atoms with E-state index in [4.69, 9.17) is 11.6 Å². The maximum atomic E-state index is 13.7. The Bertz CT molecular complexity index is 695. The van der Waals surface area contributed by atoms with E-state index in [1.54, 1.807) is 31.2 Å². The van der Waals surface area contributed by atoms with Crippen LogP contribution < -0.4 is 5.32 Å². The minimum atomic E-state index is -1.21. The number of nitrogens with zero attached hydrogens (tertiary/aromatic N) is 1. The van der Waals surface area contributed by atoms with Crippen molar-refractivity contribution in [2.75, 3.05) is 5.32 Å². The highest BCUT2D eigenvalue weighted by molar-refractivity contribution is 6.31. The van der Waals surface area contributed by atoms with Gasteiger partial charge < -0.3 is 5.32 Å². The highest BCUT2D eigenvalue weighted by Crippen LogP contribution is 2.30. The van der Waals surface area contributed by atoms with Gasteiger partial charge in [-0.3, -0.25) is 10.1 Å². The molecule has 0 aliphatic heterocycles. The SMILES string of the molecule is CC(Nc1cc([N+](=O)[O-])c(F)cc1F)c1ccccc1Cl. The lowest BCUT2D eigenvalue weighted by atomic mass is 10.1. The van der Waals surface area contributed by atoms with Crippen molar-refractivity contribution in [2.45, 2.75) is 13.0 Å². The molecule has 0 fully saturated rings. The number of benzene rings is 2. The van der Waals surface area contributed by atoms with Gasteiger partial charge in [-0.15, -0.1) is 0 Å². The first-order chi connectivity index (χ1) is 9.90. The van der Waals surface area contributed by atoms with Crippen LogP contribution in [0.3, 0.4) is 0 Å². The van der Waals surface area contributed by atoms with Gasteiger partial charge >= 0.3 is 5.69 Å². The zero-order valence-corrected chi connectivity index (χ0v) is 11.7. The van der Waals surface area contributed by atoms with E-state index < -0.39 is 28.3 Å². The van der Waals surface area contributed by atoms with Gasteiger partial charge in [0, 0.05) is 17.2 Å². The minimum Gasteiger partial charge on any atom is -0.376 e. The first-order valence-corrected chi connectivity index (χ1v) is 6.42. The van der Waals surface area contributed by atoms with E-state index in [-0.39, 0.29) is 5.69 Å². The molecule has 2 rings (SSSR count). The van der Waals surface area contributed by atoms with Crippen LogP contribution in [0.15, 0.2) is 36.4 Å². The molecule has 110 valence electrons. The summed E-state index contributed by atoms with van der Waals surface area (Å²) in [4.78, 5) is 9.79. The van der Waals surface area contributed by atoms with Gasteiger partial charge in [-0.1, -0.05) is 29.8 Å². The molecule has 0 bridgehead atoms. The summed E-state index contributed by atoms with van der Waals surface area (Å²) in [5.74, 6) is -2.12. The molecule has 0 amide bonds. The van der Waals surface area contributed by atoms with Crippen LogP contribution in [0.1, 0.15) is 18.5 Å². The number of nitro groups is 1. The average Bonchev–Trinajstić information content (AvgIpc) is 2.41. The summed E-state index contributed by atoms with van der Waals surface area (Å²) < 4.78 is 27.0. The summed E-state index contributed by atoms with van der Waals surface area (Å²) in [5, 5.41) is 13.9. The third-order valence-electron chi connectivity index (χ3n) is 2.98. The van der Waals surface area contributed by atoms with Crippen LogP contribution in [-0.2, 0) is 0 Å². The van der Waals surface area contributed by atoms with Crippen molar-refractivity contribution < 1.29 is 13.7 Å². The largest absolute Gasteiger partial charge is 0.376 e. The van der Waals surface area contributed by atoms with Crippen LogP contribution in [-0.4, -0.2) is 4.92 Å². The van der Waals surface area contributed by atoms with Gasteiger partial charge in [-0.2, -0.15) is 4.39 Å². The highest BCUT2D eigenvalue weighted by atomic mass is 35.5. The van der Waals surface area contributed by atoms with E-state index in [1.165, 1.54) is 0 Å². The number of anilines is 1. The van der Waals surface area contributed by atoms with E-state index in [2.05, 4.69) is 5.32 Å². The molecule has 21 heavy (non-hydrogen) atoms. The molecule has 0 heterocycles. The predicted molar refractivity (Wildman–Crippen MR) is 76.5 cm³/mol. The van der Waals surface area contributed by atoms with E-state index >= 15 is 0 Å². The molecule has 0 saturated heterocycles. The van der Waals surface area contributed by atoms with Crippen LogP contribution in [0.4, 0.5) is 20.2 Å². The van der Waals surface area contributed by atoms with Crippen molar-refractivity contribution in [1.29, 1.82) is 0 Å². The minimum absolute atomic E-state index is 0.157. The molecule has 2 aromatic rings. The second kappa shape index (κ2) is 6.05. The lowest BCUT2D eigenvalue weighted by molar-refractivity contribution is -0.387. The summed E-state index contributed by atoms with van der Waals surface area (Å²) in [6.45, 7) is 1.72. The summed E-state index contributed by atoms with van der Waals surface area (Å²) in [6, 6.07) is 7.86. The molecular formula is C14H11ClF2N2O2. The normalized spacial score (nSPS) is 12.0. The van der Waals surface area contributed by atoms with Gasteiger partial charge in [0.05, 0.1) is 16.7 Å². The zero-order valence-electron chi connectivity index (χ0n) is 10.9. The van der Waals surface area contributed by atoms with Crippen LogP contribution in [0.25, 0.3) is 0 Å². The average molecular weight is 313 g/mol. The molecule has 4 nitrogen and oxygen atoms in total. The van der Waals surface area contributed by atoms with Crippen LogP contribution in [0.2, 0.25) is 5.02 Å². The molecular weight excluding hydrogens is 302 g/mol. The second-order valence-corrected chi connectivity index (χ2v) is 4.84. The molecule has 0 aromatic heterocycles. The second-order valence-electron chi connectivity index (χ2n) is 4.43. The number of hydrogen-bond acceptors (Lipinski definition) is 3. The maximum absolute atomic E-state index is 13.7.